The van der Waals surface area contributed by atoms with Gasteiger partial charge >= 0.3 is 0 Å². The third-order valence-corrected chi connectivity index (χ3v) is 5.19. The number of nitro benzene ring substituents is 1. The summed E-state index contributed by atoms with van der Waals surface area (Å²) in [6.45, 7) is 3.47. The highest BCUT2D eigenvalue weighted by atomic mass is 32.1. The Hall–Kier alpha value is -3.73. The molecule has 0 aromatic heterocycles. The van der Waals surface area contributed by atoms with Crippen LogP contribution in [0, 0.1) is 10.1 Å². The van der Waals surface area contributed by atoms with Gasteiger partial charge in [0.25, 0.3) is 5.69 Å². The molecule has 2 aliphatic heterocycles. The van der Waals surface area contributed by atoms with E-state index in [1.807, 2.05) is 19.1 Å². The van der Waals surface area contributed by atoms with Gasteiger partial charge in [0.2, 0.25) is 17.8 Å². The Morgan fingerprint density at radius 3 is 2.55 bits per heavy atom. The van der Waals surface area contributed by atoms with Gasteiger partial charge in [0.05, 0.1) is 16.7 Å². The van der Waals surface area contributed by atoms with Crippen molar-refractivity contribution in [3.63, 3.8) is 0 Å². The number of non-ortho nitro benzene ring substituents is 1. The monoisotopic (exact) mass is 441 g/mol. The van der Waals surface area contributed by atoms with Gasteiger partial charge < -0.3 is 9.47 Å². The fourth-order valence-corrected chi connectivity index (χ4v) is 3.71. The molecule has 1 atom stereocenters. The number of amides is 1. The molecule has 0 saturated carbocycles. The number of carbonyl (C=O) groups excluding carboxylic acids is 1. The highest BCUT2D eigenvalue weighted by molar-refractivity contribution is 7.80. The van der Waals surface area contributed by atoms with E-state index in [-0.39, 0.29) is 29.5 Å². The number of fused-ring (bicyclic) bond motifs is 2. The van der Waals surface area contributed by atoms with E-state index >= 15 is 0 Å². The van der Waals surface area contributed by atoms with Crippen LogP contribution in [0.5, 0.6) is 11.5 Å². The first-order valence-electron chi connectivity index (χ1n) is 9.45. The van der Waals surface area contributed by atoms with Crippen molar-refractivity contribution in [1.82, 2.24) is 15.9 Å². The summed E-state index contributed by atoms with van der Waals surface area (Å²) < 4.78 is 11.1. The summed E-state index contributed by atoms with van der Waals surface area (Å²) in [5.41, 5.74) is 8.16. The zero-order valence-electron chi connectivity index (χ0n) is 16.7. The molecule has 0 aliphatic carbocycles. The molecule has 2 aliphatic rings. The lowest BCUT2D eigenvalue weighted by atomic mass is 9.94. The van der Waals surface area contributed by atoms with Crippen LogP contribution in [0.15, 0.2) is 41.5 Å². The minimum absolute atomic E-state index is 0.0167. The van der Waals surface area contributed by atoms with E-state index in [0.29, 0.717) is 29.2 Å². The molecule has 2 N–H and O–H groups in total. The first kappa shape index (κ1) is 20.5. The first-order valence-corrected chi connectivity index (χ1v) is 9.86. The number of hydrazine groups is 1. The van der Waals surface area contributed by atoms with E-state index in [1.165, 1.54) is 19.1 Å². The van der Waals surface area contributed by atoms with E-state index in [1.54, 1.807) is 17.1 Å². The molecule has 0 fully saturated rings. The van der Waals surface area contributed by atoms with Gasteiger partial charge in [-0.15, -0.1) is 0 Å². The average molecular weight is 441 g/mol. The molecule has 2 aromatic carbocycles. The number of nitrogens with zero attached hydrogens (tertiary/aromatic N) is 3. The highest BCUT2D eigenvalue weighted by Gasteiger charge is 2.29. The normalized spacial score (nSPS) is 16.6. The second-order valence-electron chi connectivity index (χ2n) is 7.12. The van der Waals surface area contributed by atoms with Crippen molar-refractivity contribution in [2.24, 2.45) is 5.10 Å². The average Bonchev–Trinajstić information content (AvgIpc) is 3.14. The van der Waals surface area contributed by atoms with Gasteiger partial charge in [0, 0.05) is 30.2 Å². The summed E-state index contributed by atoms with van der Waals surface area (Å²) in [6.07, 6.45) is 0.591. The first-order chi connectivity index (χ1) is 14.8. The Morgan fingerprint density at radius 2 is 1.90 bits per heavy atom. The van der Waals surface area contributed by atoms with Crippen molar-refractivity contribution in [3.8, 4) is 11.5 Å². The number of benzene rings is 2. The Labute approximate surface area is 182 Å². The summed E-state index contributed by atoms with van der Waals surface area (Å²) in [7, 11) is 0. The summed E-state index contributed by atoms with van der Waals surface area (Å²) in [5.74, 6) is 0.966. The quantitative estimate of drug-likeness (QED) is 0.414. The van der Waals surface area contributed by atoms with Crippen molar-refractivity contribution >= 4 is 34.6 Å². The van der Waals surface area contributed by atoms with Gasteiger partial charge in [0.1, 0.15) is 0 Å². The fourth-order valence-electron chi connectivity index (χ4n) is 3.44. The smallest absolute Gasteiger partial charge is 0.269 e. The van der Waals surface area contributed by atoms with Crippen molar-refractivity contribution in [2.45, 2.75) is 26.3 Å². The van der Waals surface area contributed by atoms with Gasteiger partial charge in [-0.1, -0.05) is 0 Å². The third kappa shape index (κ3) is 4.12. The van der Waals surface area contributed by atoms with Gasteiger partial charge in [-0.25, -0.2) is 5.01 Å². The zero-order chi connectivity index (χ0) is 22.1. The van der Waals surface area contributed by atoms with Crippen LogP contribution in [0.25, 0.3) is 0 Å². The van der Waals surface area contributed by atoms with Gasteiger partial charge in [-0.3, -0.25) is 25.8 Å². The van der Waals surface area contributed by atoms with Crippen molar-refractivity contribution < 1.29 is 19.2 Å². The second-order valence-corrected chi connectivity index (χ2v) is 7.51. The maximum atomic E-state index is 11.3. The van der Waals surface area contributed by atoms with E-state index in [0.717, 1.165) is 11.1 Å². The standard InChI is InChI=1S/C20H19N5O5S/c1-11-7-14-8-17-18(30-10-29-17)9-16(14)19(13-3-5-15(6-4-13)25(27)28)23-24(11)20(31)22-21-12(2)26/h3-6,8-9,11H,7,10H2,1-2H3,(H,21,26)(H,22,31). The maximum Gasteiger partial charge on any atom is 0.269 e. The molecule has 2 heterocycles. The van der Waals surface area contributed by atoms with Crippen LogP contribution >= 0.6 is 12.2 Å². The Kier molecular flexibility index (Phi) is 5.42. The molecule has 0 saturated heterocycles. The molecule has 1 amide bonds. The number of nitrogens with one attached hydrogen (secondary N) is 2. The highest BCUT2D eigenvalue weighted by Crippen LogP contribution is 2.37. The summed E-state index contributed by atoms with van der Waals surface area (Å²) in [4.78, 5) is 21.9. The number of hydrazone groups is 1. The number of hydrogen-bond acceptors (Lipinski definition) is 7. The largest absolute Gasteiger partial charge is 0.454 e. The molecule has 1 unspecified atom stereocenters. The molecule has 160 valence electrons. The molecule has 10 nitrogen and oxygen atoms in total. The van der Waals surface area contributed by atoms with Crippen molar-refractivity contribution in [2.75, 3.05) is 6.79 Å². The number of thiocarbonyl (C=S) groups is 1. The van der Waals surface area contributed by atoms with Crippen LogP contribution in [0.4, 0.5) is 5.69 Å². The molecule has 4 rings (SSSR count). The van der Waals surface area contributed by atoms with Crippen LogP contribution in [0.1, 0.15) is 30.5 Å². The lowest BCUT2D eigenvalue weighted by Gasteiger charge is -2.26. The van der Waals surface area contributed by atoms with Gasteiger partial charge in [-0.05, 0) is 55.4 Å². The molecular weight excluding hydrogens is 422 g/mol. The minimum atomic E-state index is -0.453. The second kappa shape index (κ2) is 8.19. The van der Waals surface area contributed by atoms with Crippen LogP contribution in [-0.4, -0.2) is 39.5 Å². The number of hydrogen-bond donors (Lipinski definition) is 2. The Morgan fingerprint density at radius 1 is 1.23 bits per heavy atom. The van der Waals surface area contributed by atoms with Crippen molar-refractivity contribution in [1.29, 1.82) is 0 Å². The van der Waals surface area contributed by atoms with Crippen LogP contribution < -0.4 is 20.3 Å². The fraction of sp³-hybridized carbons (Fsp3) is 0.250. The zero-order valence-corrected chi connectivity index (χ0v) is 17.6. The molecule has 0 spiro atoms. The predicted octanol–water partition coefficient (Wildman–Crippen LogP) is 2.25. The third-order valence-electron chi connectivity index (χ3n) is 4.90. The van der Waals surface area contributed by atoms with Gasteiger partial charge in [0.15, 0.2) is 11.5 Å². The molecule has 11 heteroatoms. The van der Waals surface area contributed by atoms with E-state index < -0.39 is 4.92 Å². The molecule has 0 bridgehead atoms. The Balaban J connectivity index is 1.81. The lowest BCUT2D eigenvalue weighted by molar-refractivity contribution is -0.384. The van der Waals surface area contributed by atoms with Crippen LogP contribution in [-0.2, 0) is 11.2 Å². The number of rotatable bonds is 2. The maximum absolute atomic E-state index is 11.3. The van der Waals surface area contributed by atoms with Crippen LogP contribution in [0.2, 0.25) is 0 Å². The van der Waals surface area contributed by atoms with Crippen molar-refractivity contribution in [3.05, 3.63) is 63.2 Å². The molecule has 0 radical (unpaired) electrons. The SMILES string of the molecule is CC(=O)NNC(=S)N1N=C(c2ccc([N+](=O)[O-])cc2)c2cc3c(cc2CC1C)OCO3. The number of nitro groups is 1. The summed E-state index contributed by atoms with van der Waals surface area (Å²) in [5, 5.41) is 17.7. The van der Waals surface area contributed by atoms with E-state index in [9.17, 15) is 14.9 Å². The predicted molar refractivity (Wildman–Crippen MR) is 116 cm³/mol. The Bertz CT molecular complexity index is 1100. The molecule has 2 aromatic rings. The van der Waals surface area contributed by atoms with E-state index in [2.05, 4.69) is 10.9 Å². The molecule has 31 heavy (non-hydrogen) atoms. The number of ether oxygens (including phenoxy) is 2. The molecular formula is C20H19N5O5S. The van der Waals surface area contributed by atoms with E-state index in [4.69, 9.17) is 26.8 Å². The lowest BCUT2D eigenvalue weighted by Crippen LogP contribution is -2.49. The minimum Gasteiger partial charge on any atom is -0.454 e. The number of carbonyl (C=O) groups is 1. The van der Waals surface area contributed by atoms with Crippen LogP contribution in [0.3, 0.4) is 0 Å². The summed E-state index contributed by atoms with van der Waals surface area (Å²) >= 11 is 5.44. The van der Waals surface area contributed by atoms with Gasteiger partial charge in [-0.2, -0.15) is 5.10 Å². The topological polar surface area (TPSA) is 118 Å². The summed E-state index contributed by atoms with van der Waals surface area (Å²) in [6, 6.07) is 9.77.